The van der Waals surface area contributed by atoms with Gasteiger partial charge in [0.05, 0.1) is 12.5 Å². The smallest absolute Gasteiger partial charge is 0.308 e. The van der Waals surface area contributed by atoms with Crippen LogP contribution in [-0.2, 0) is 9.53 Å². The Labute approximate surface area is 151 Å². The third-order valence-electron chi connectivity index (χ3n) is 4.36. The summed E-state index contributed by atoms with van der Waals surface area (Å²) >= 11 is 0. The van der Waals surface area contributed by atoms with E-state index in [-0.39, 0.29) is 30.4 Å². The lowest BCUT2D eigenvalue weighted by molar-refractivity contribution is -0.696. The van der Waals surface area contributed by atoms with E-state index in [2.05, 4.69) is 48.7 Å². The maximum Gasteiger partial charge on any atom is 0.308 e. The Kier molecular flexibility index (Phi) is 8.80. The Morgan fingerprint density at radius 2 is 1.96 bits per heavy atom. The van der Waals surface area contributed by atoms with Crippen molar-refractivity contribution in [2.24, 2.45) is 11.8 Å². The maximum atomic E-state index is 11.8. The average molecular weight is 350 g/mol. The molecule has 2 rings (SSSR count). The molecular formula is C20H28ClNO2. The highest BCUT2D eigenvalue weighted by Gasteiger charge is 2.34. The van der Waals surface area contributed by atoms with Gasteiger partial charge in [-0.25, -0.2) is 0 Å². The third kappa shape index (κ3) is 6.14. The van der Waals surface area contributed by atoms with Gasteiger partial charge in [0.15, 0.2) is 0 Å². The van der Waals surface area contributed by atoms with E-state index < -0.39 is 0 Å². The summed E-state index contributed by atoms with van der Waals surface area (Å²) in [6, 6.07) is 10.6. The van der Waals surface area contributed by atoms with E-state index in [4.69, 9.17) is 4.74 Å². The van der Waals surface area contributed by atoms with E-state index >= 15 is 0 Å². The number of hydrogen-bond donors (Lipinski definition) is 1. The van der Waals surface area contributed by atoms with Crippen molar-refractivity contribution in [2.45, 2.75) is 39.3 Å². The van der Waals surface area contributed by atoms with Crippen molar-refractivity contribution >= 4 is 12.0 Å². The zero-order valence-electron chi connectivity index (χ0n) is 14.7. The highest BCUT2D eigenvalue weighted by Crippen LogP contribution is 2.19. The van der Waals surface area contributed by atoms with Crippen LogP contribution in [0.15, 0.2) is 48.6 Å². The minimum atomic E-state index is -0.0875. The predicted molar refractivity (Wildman–Crippen MR) is 93.7 cm³/mol. The fourth-order valence-electron chi connectivity index (χ4n) is 2.81. The molecule has 4 heteroatoms. The Bertz CT molecular complexity index is 554. The highest BCUT2D eigenvalue weighted by molar-refractivity contribution is 5.71. The molecule has 0 unspecified atom stereocenters. The number of ether oxygens (including phenoxy) is 1. The van der Waals surface area contributed by atoms with Crippen molar-refractivity contribution in [1.82, 2.24) is 0 Å². The van der Waals surface area contributed by atoms with Crippen molar-refractivity contribution in [1.29, 1.82) is 0 Å². The standard InChI is InChI=1S/C20H27NO2.ClH/c1-15(2)20(22)23-19-13-14-21-18(16(19)3)12-8-7-11-17-9-5-4-6-10-17;/h4-12,15-16,18-19,21H,13-14H2,1-3H3;1H/b11-7+,12-8+;/t16-,18-,19+;/m1./s1. The number of hydrogen-bond acceptors (Lipinski definition) is 2. The second-order valence-electron chi connectivity index (χ2n) is 6.53. The van der Waals surface area contributed by atoms with E-state index in [9.17, 15) is 4.79 Å². The summed E-state index contributed by atoms with van der Waals surface area (Å²) in [6.45, 7) is 6.93. The van der Waals surface area contributed by atoms with Crippen LogP contribution in [0.5, 0.6) is 0 Å². The summed E-state index contributed by atoms with van der Waals surface area (Å²) in [5.74, 6) is 0.180. The number of carbonyl (C=O) groups is 1. The average Bonchev–Trinajstić information content (AvgIpc) is 2.55. The number of piperidine rings is 1. The fraction of sp³-hybridized carbons (Fsp3) is 0.450. The number of nitrogens with two attached hydrogens (primary N) is 1. The van der Waals surface area contributed by atoms with Crippen LogP contribution in [0.3, 0.4) is 0 Å². The van der Waals surface area contributed by atoms with Gasteiger partial charge in [0.2, 0.25) is 0 Å². The molecule has 1 heterocycles. The second kappa shape index (κ2) is 10.3. The number of halogens is 1. The number of rotatable bonds is 5. The normalized spacial score (nSPS) is 24.2. The van der Waals surface area contributed by atoms with Crippen LogP contribution < -0.4 is 17.7 Å². The molecule has 1 aliphatic heterocycles. The largest absolute Gasteiger partial charge is 1.00 e. The Morgan fingerprint density at radius 1 is 1.25 bits per heavy atom. The Balaban J connectivity index is 0.00000288. The first-order valence-corrected chi connectivity index (χ1v) is 8.51. The van der Waals surface area contributed by atoms with E-state index in [1.54, 1.807) is 0 Å². The number of benzene rings is 1. The molecule has 3 atom stereocenters. The molecule has 1 aromatic carbocycles. The van der Waals surface area contributed by atoms with Gasteiger partial charge < -0.3 is 22.5 Å². The Morgan fingerprint density at radius 3 is 2.62 bits per heavy atom. The van der Waals surface area contributed by atoms with Crippen LogP contribution in [0.25, 0.3) is 6.08 Å². The quantitative estimate of drug-likeness (QED) is 0.591. The molecule has 0 aromatic heterocycles. The van der Waals surface area contributed by atoms with Crippen LogP contribution in [0.2, 0.25) is 0 Å². The molecule has 0 spiro atoms. The zero-order chi connectivity index (χ0) is 16.7. The minimum absolute atomic E-state index is 0. The lowest BCUT2D eigenvalue weighted by atomic mass is 9.89. The summed E-state index contributed by atoms with van der Waals surface area (Å²) in [4.78, 5) is 11.8. The molecule has 1 aliphatic rings. The van der Waals surface area contributed by atoms with Crippen molar-refractivity contribution in [3.63, 3.8) is 0 Å². The van der Waals surface area contributed by atoms with Crippen molar-refractivity contribution in [2.75, 3.05) is 6.54 Å². The van der Waals surface area contributed by atoms with Gasteiger partial charge in [-0.2, -0.15) is 0 Å². The monoisotopic (exact) mass is 349 g/mol. The number of quaternary nitrogens is 1. The van der Waals surface area contributed by atoms with Gasteiger partial charge in [-0.15, -0.1) is 0 Å². The summed E-state index contributed by atoms with van der Waals surface area (Å²) in [5, 5.41) is 2.33. The van der Waals surface area contributed by atoms with Gasteiger partial charge in [-0.3, -0.25) is 4.79 Å². The molecule has 3 nitrogen and oxygen atoms in total. The summed E-state index contributed by atoms with van der Waals surface area (Å²) in [6.07, 6.45) is 9.43. The van der Waals surface area contributed by atoms with Gasteiger partial charge in [-0.1, -0.05) is 69.3 Å². The van der Waals surface area contributed by atoms with E-state index in [1.807, 2.05) is 32.0 Å². The lowest BCUT2D eigenvalue weighted by Crippen LogP contribution is -3.00. The van der Waals surface area contributed by atoms with Crippen LogP contribution in [0.4, 0.5) is 0 Å². The molecule has 132 valence electrons. The third-order valence-corrected chi connectivity index (χ3v) is 4.36. The second-order valence-corrected chi connectivity index (χ2v) is 6.53. The number of carbonyl (C=O) groups excluding carboxylic acids is 1. The predicted octanol–water partition coefficient (Wildman–Crippen LogP) is -0.200. The molecule has 0 bridgehead atoms. The molecule has 1 saturated heterocycles. The molecule has 24 heavy (non-hydrogen) atoms. The molecule has 2 N–H and O–H groups in total. The molecule has 0 amide bonds. The van der Waals surface area contributed by atoms with Gasteiger partial charge >= 0.3 is 5.97 Å². The zero-order valence-corrected chi connectivity index (χ0v) is 15.4. The SMILES string of the molecule is CC(C)C(=O)O[C@H]1CC[NH2+][C@H](/C=C/C=C/c2ccccc2)[C@H]1C.[Cl-]. The van der Waals surface area contributed by atoms with Crippen LogP contribution in [0, 0.1) is 11.8 Å². The molecule has 0 saturated carbocycles. The van der Waals surface area contributed by atoms with Crippen LogP contribution in [-0.4, -0.2) is 24.7 Å². The molecular weight excluding hydrogens is 322 g/mol. The first-order chi connectivity index (χ1) is 11.1. The molecule has 0 aliphatic carbocycles. The van der Waals surface area contributed by atoms with Gasteiger partial charge in [0, 0.05) is 12.3 Å². The van der Waals surface area contributed by atoms with Crippen molar-refractivity contribution in [3.05, 3.63) is 54.1 Å². The topological polar surface area (TPSA) is 42.9 Å². The van der Waals surface area contributed by atoms with Gasteiger partial charge in [0.25, 0.3) is 0 Å². The summed E-state index contributed by atoms with van der Waals surface area (Å²) in [5.41, 5.74) is 1.20. The summed E-state index contributed by atoms with van der Waals surface area (Å²) < 4.78 is 5.66. The lowest BCUT2D eigenvalue weighted by Gasteiger charge is -2.32. The van der Waals surface area contributed by atoms with Crippen LogP contribution >= 0.6 is 0 Å². The fourth-order valence-corrected chi connectivity index (χ4v) is 2.81. The number of esters is 1. The first-order valence-electron chi connectivity index (χ1n) is 8.51. The molecule has 0 radical (unpaired) electrons. The van der Waals surface area contributed by atoms with E-state index in [1.165, 1.54) is 5.56 Å². The summed E-state index contributed by atoms with van der Waals surface area (Å²) in [7, 11) is 0. The molecule has 1 aromatic rings. The maximum absolute atomic E-state index is 11.8. The highest BCUT2D eigenvalue weighted by atomic mass is 35.5. The molecule has 1 fully saturated rings. The van der Waals surface area contributed by atoms with Crippen LogP contribution in [0.1, 0.15) is 32.8 Å². The number of allylic oxidation sites excluding steroid dienone is 2. The van der Waals surface area contributed by atoms with Crippen molar-refractivity contribution < 1.29 is 27.3 Å². The van der Waals surface area contributed by atoms with E-state index in [0.29, 0.717) is 12.0 Å². The van der Waals surface area contributed by atoms with Crippen molar-refractivity contribution in [3.8, 4) is 0 Å². The Hall–Kier alpha value is -1.58. The van der Waals surface area contributed by atoms with Gasteiger partial charge in [-0.05, 0) is 11.6 Å². The minimum Gasteiger partial charge on any atom is -1.00 e. The first kappa shape index (κ1) is 20.5. The van der Waals surface area contributed by atoms with E-state index in [0.717, 1.165) is 13.0 Å². The van der Waals surface area contributed by atoms with Gasteiger partial charge in [0.1, 0.15) is 12.1 Å².